The summed E-state index contributed by atoms with van der Waals surface area (Å²) in [6, 6.07) is 27.3. The number of nitrogens with one attached hydrogen (secondary N) is 2. The number of thioether (sulfide) groups is 1. The Balaban J connectivity index is 1.26. The van der Waals surface area contributed by atoms with Crippen molar-refractivity contribution < 1.29 is 9.31 Å². The van der Waals surface area contributed by atoms with E-state index in [1.807, 2.05) is 54.6 Å². The zero-order chi connectivity index (χ0) is 26.3. The Bertz CT molecular complexity index is 1570. The average Bonchev–Trinajstić information content (AvgIpc) is 2.95. The van der Waals surface area contributed by atoms with E-state index in [4.69, 9.17) is 0 Å². The van der Waals surface area contributed by atoms with Crippen molar-refractivity contribution in [1.29, 1.82) is 0 Å². The van der Waals surface area contributed by atoms with Gasteiger partial charge in [0.1, 0.15) is 23.6 Å². The minimum Gasteiger partial charge on any atom is -0.379 e. The van der Waals surface area contributed by atoms with Gasteiger partial charge in [0, 0.05) is 35.2 Å². The molecule has 0 radical (unpaired) electrons. The maximum Gasteiger partial charge on any atom is 0.292 e. The Morgan fingerprint density at radius 1 is 0.868 bits per heavy atom. The van der Waals surface area contributed by atoms with E-state index in [1.165, 1.54) is 18.5 Å². The Morgan fingerprint density at radius 2 is 1.66 bits per heavy atom. The molecule has 0 amide bonds. The number of hydrogen-bond acceptors (Lipinski definition) is 7. The number of rotatable bonds is 10. The topological polar surface area (TPSA) is 93.0 Å². The summed E-state index contributed by atoms with van der Waals surface area (Å²) in [5, 5.41) is 19.0. The zero-order valence-corrected chi connectivity index (χ0v) is 21.1. The van der Waals surface area contributed by atoms with Gasteiger partial charge in [0.05, 0.1) is 10.4 Å². The molecule has 38 heavy (non-hydrogen) atoms. The number of benzene rings is 4. The van der Waals surface area contributed by atoms with Crippen molar-refractivity contribution in [2.45, 2.75) is 11.4 Å². The van der Waals surface area contributed by atoms with E-state index in [9.17, 15) is 14.5 Å². The Kier molecular flexibility index (Phi) is 7.75. The zero-order valence-electron chi connectivity index (χ0n) is 20.3. The molecule has 0 bridgehead atoms. The summed E-state index contributed by atoms with van der Waals surface area (Å²) in [6.45, 7) is 0.960. The number of anilines is 2. The van der Waals surface area contributed by atoms with Gasteiger partial charge in [-0.3, -0.25) is 10.1 Å². The van der Waals surface area contributed by atoms with Crippen LogP contribution in [0.5, 0.6) is 0 Å². The molecular weight excluding hydrogens is 501 g/mol. The van der Waals surface area contributed by atoms with Crippen LogP contribution in [0.4, 0.5) is 21.6 Å². The van der Waals surface area contributed by atoms with Gasteiger partial charge in [-0.15, -0.1) is 11.8 Å². The van der Waals surface area contributed by atoms with E-state index in [0.29, 0.717) is 24.6 Å². The summed E-state index contributed by atoms with van der Waals surface area (Å²) in [7, 11) is 0. The number of hydrogen-bond donors (Lipinski definition) is 2. The summed E-state index contributed by atoms with van der Waals surface area (Å²) in [5.74, 6) is 1.13. The number of nitrogens with zero attached hydrogens (tertiary/aromatic N) is 3. The molecule has 0 saturated heterocycles. The second kappa shape index (κ2) is 11.7. The first-order valence-electron chi connectivity index (χ1n) is 12.0. The van der Waals surface area contributed by atoms with Gasteiger partial charge in [0.2, 0.25) is 0 Å². The maximum absolute atomic E-state index is 13.3. The third-order valence-corrected chi connectivity index (χ3v) is 6.98. The molecule has 0 saturated carbocycles. The molecule has 0 unspecified atom stereocenters. The molecule has 0 atom stereocenters. The standard InChI is InChI=1S/C29H24FN5O2S/c30-23-10-7-21(8-11-23)22-9-12-25-27(17-22)33-19-34-29(25)32-18-20-6-13-26(28(16-20)35(36)37)31-14-15-38-24-4-2-1-3-5-24/h1-13,16-17,19,31H,14-15,18H2,(H,32,33,34). The van der Waals surface area contributed by atoms with Crippen LogP contribution in [0.15, 0.2) is 102 Å². The van der Waals surface area contributed by atoms with Crippen LogP contribution in [0, 0.1) is 15.9 Å². The highest BCUT2D eigenvalue weighted by Gasteiger charge is 2.15. The average molecular weight is 526 g/mol. The van der Waals surface area contributed by atoms with E-state index >= 15 is 0 Å². The monoisotopic (exact) mass is 525 g/mol. The molecule has 2 N–H and O–H groups in total. The number of halogens is 1. The molecule has 1 aromatic heterocycles. The highest BCUT2D eigenvalue weighted by molar-refractivity contribution is 7.99. The fourth-order valence-corrected chi connectivity index (χ4v) is 4.85. The second-order valence-electron chi connectivity index (χ2n) is 8.51. The van der Waals surface area contributed by atoms with Crippen molar-refractivity contribution in [3.05, 3.63) is 119 Å². The van der Waals surface area contributed by atoms with Gasteiger partial charge in [-0.25, -0.2) is 14.4 Å². The molecule has 9 heteroatoms. The molecule has 0 aliphatic carbocycles. The van der Waals surface area contributed by atoms with Gasteiger partial charge in [-0.05, 0) is 59.2 Å². The molecule has 0 aliphatic rings. The molecule has 1 heterocycles. The summed E-state index contributed by atoms with van der Waals surface area (Å²) >= 11 is 1.69. The molecule has 5 aromatic rings. The number of nitro benzene ring substituents is 1. The van der Waals surface area contributed by atoms with Gasteiger partial charge in [0.25, 0.3) is 5.69 Å². The van der Waals surface area contributed by atoms with Crippen molar-refractivity contribution in [3.8, 4) is 11.1 Å². The lowest BCUT2D eigenvalue weighted by atomic mass is 10.0. The van der Waals surface area contributed by atoms with Crippen molar-refractivity contribution in [1.82, 2.24) is 9.97 Å². The SMILES string of the molecule is O=[N+]([O-])c1cc(CNc2ncnc3cc(-c4ccc(F)cc4)ccc23)ccc1NCCSc1ccccc1. The molecule has 4 aromatic carbocycles. The lowest BCUT2D eigenvalue weighted by Crippen LogP contribution is -2.08. The first-order valence-corrected chi connectivity index (χ1v) is 13.0. The first kappa shape index (κ1) is 25.2. The fourth-order valence-electron chi connectivity index (χ4n) is 4.06. The Morgan fingerprint density at radius 3 is 2.45 bits per heavy atom. The van der Waals surface area contributed by atoms with Crippen molar-refractivity contribution >= 4 is 39.9 Å². The van der Waals surface area contributed by atoms with E-state index in [1.54, 1.807) is 36.0 Å². The minimum absolute atomic E-state index is 0.0329. The van der Waals surface area contributed by atoms with Gasteiger partial charge in [-0.2, -0.15) is 0 Å². The van der Waals surface area contributed by atoms with Crippen LogP contribution in [0.1, 0.15) is 5.56 Å². The first-order chi connectivity index (χ1) is 18.6. The Labute approximate surface area is 223 Å². The summed E-state index contributed by atoms with van der Waals surface area (Å²) in [6.07, 6.45) is 1.47. The summed E-state index contributed by atoms with van der Waals surface area (Å²) in [4.78, 5) is 21.3. The largest absolute Gasteiger partial charge is 0.379 e. The smallest absolute Gasteiger partial charge is 0.292 e. The van der Waals surface area contributed by atoms with Crippen molar-refractivity contribution in [2.75, 3.05) is 22.9 Å². The minimum atomic E-state index is -0.368. The second-order valence-corrected chi connectivity index (χ2v) is 9.68. The van der Waals surface area contributed by atoms with Gasteiger partial charge in [-0.1, -0.05) is 42.5 Å². The third-order valence-electron chi connectivity index (χ3n) is 5.96. The van der Waals surface area contributed by atoms with Crippen LogP contribution in [0.3, 0.4) is 0 Å². The quantitative estimate of drug-likeness (QED) is 0.0865. The van der Waals surface area contributed by atoms with E-state index in [2.05, 4.69) is 20.6 Å². The number of aromatic nitrogens is 2. The number of nitro groups is 1. The maximum atomic E-state index is 13.3. The highest BCUT2D eigenvalue weighted by atomic mass is 32.2. The molecule has 0 spiro atoms. The van der Waals surface area contributed by atoms with Crippen LogP contribution in [-0.4, -0.2) is 27.2 Å². The summed E-state index contributed by atoms with van der Waals surface area (Å²) < 4.78 is 13.3. The van der Waals surface area contributed by atoms with Gasteiger partial charge in [0.15, 0.2) is 0 Å². The van der Waals surface area contributed by atoms with E-state index in [-0.39, 0.29) is 16.4 Å². The number of fused-ring (bicyclic) bond motifs is 1. The third kappa shape index (κ3) is 6.07. The lowest BCUT2D eigenvalue weighted by molar-refractivity contribution is -0.384. The predicted octanol–water partition coefficient (Wildman–Crippen LogP) is 7.16. The van der Waals surface area contributed by atoms with E-state index < -0.39 is 0 Å². The van der Waals surface area contributed by atoms with Crippen LogP contribution >= 0.6 is 11.8 Å². The van der Waals surface area contributed by atoms with Crippen molar-refractivity contribution in [2.24, 2.45) is 0 Å². The summed E-state index contributed by atoms with van der Waals surface area (Å²) in [5.41, 5.74) is 3.83. The van der Waals surface area contributed by atoms with Crippen LogP contribution < -0.4 is 10.6 Å². The molecule has 0 aliphatic heterocycles. The Hall–Kier alpha value is -4.50. The van der Waals surface area contributed by atoms with Crippen molar-refractivity contribution in [3.63, 3.8) is 0 Å². The van der Waals surface area contributed by atoms with E-state index in [0.717, 1.165) is 38.2 Å². The fraction of sp³-hybridized carbons (Fsp3) is 0.103. The van der Waals surface area contributed by atoms with Crippen LogP contribution in [0.25, 0.3) is 22.0 Å². The van der Waals surface area contributed by atoms with Gasteiger partial charge < -0.3 is 10.6 Å². The molecule has 190 valence electrons. The molecular formula is C29H24FN5O2S. The predicted molar refractivity (Wildman–Crippen MR) is 151 cm³/mol. The van der Waals surface area contributed by atoms with Gasteiger partial charge >= 0.3 is 0 Å². The normalized spacial score (nSPS) is 10.9. The van der Waals surface area contributed by atoms with Crippen LogP contribution in [-0.2, 0) is 6.54 Å². The molecule has 5 rings (SSSR count). The molecule has 0 fully saturated rings. The van der Waals surface area contributed by atoms with Crippen LogP contribution in [0.2, 0.25) is 0 Å². The lowest BCUT2D eigenvalue weighted by Gasteiger charge is -2.11. The highest BCUT2D eigenvalue weighted by Crippen LogP contribution is 2.29. The molecule has 7 nitrogen and oxygen atoms in total.